The largest absolute Gasteiger partial charge is 0.356 e. The molecule has 2 heterocycles. The molecular formula is C18H23BrN2. The minimum atomic E-state index is 0.798. The minimum Gasteiger partial charge on any atom is -0.356 e. The normalized spacial score (nSPS) is 16.9. The van der Waals surface area contributed by atoms with Crippen LogP contribution < -0.4 is 4.90 Å². The molecule has 2 nitrogen and oxygen atoms in total. The summed E-state index contributed by atoms with van der Waals surface area (Å²) in [4.78, 5) is 7.41. The van der Waals surface area contributed by atoms with Crippen LogP contribution in [0.25, 0.3) is 10.9 Å². The van der Waals surface area contributed by atoms with Crippen LogP contribution in [-0.2, 0) is 5.33 Å². The minimum absolute atomic E-state index is 0.798. The van der Waals surface area contributed by atoms with Crippen LogP contribution in [0.3, 0.4) is 0 Å². The van der Waals surface area contributed by atoms with Crippen LogP contribution in [0.2, 0.25) is 0 Å². The lowest BCUT2D eigenvalue weighted by molar-refractivity contribution is 0.310. The number of hydrogen-bond donors (Lipinski definition) is 0. The lowest BCUT2D eigenvalue weighted by Crippen LogP contribution is -2.36. The molecule has 1 aliphatic rings. The Balaban J connectivity index is 1.89. The van der Waals surface area contributed by atoms with Gasteiger partial charge in [-0.15, -0.1) is 0 Å². The van der Waals surface area contributed by atoms with Gasteiger partial charge in [-0.3, -0.25) is 0 Å². The number of para-hydroxylation sites is 1. The Morgan fingerprint density at radius 3 is 2.62 bits per heavy atom. The molecular weight excluding hydrogens is 324 g/mol. The number of nitrogens with zero attached hydrogens (tertiary/aromatic N) is 2. The Hall–Kier alpha value is -1.09. The highest BCUT2D eigenvalue weighted by Crippen LogP contribution is 2.31. The molecule has 0 atom stereocenters. The van der Waals surface area contributed by atoms with Crippen LogP contribution in [0.15, 0.2) is 30.3 Å². The molecule has 0 amide bonds. The standard InChI is InChI=1S/C18H23BrN2/c1-13(2)14-7-9-21(10-8-14)18-16(12-19)11-15-5-3-4-6-17(15)20-18/h3-6,11,13-14H,7-10,12H2,1-2H3. The van der Waals surface area contributed by atoms with Crippen molar-refractivity contribution in [2.75, 3.05) is 18.0 Å². The van der Waals surface area contributed by atoms with Crippen molar-refractivity contribution >= 4 is 32.7 Å². The molecule has 112 valence electrons. The molecule has 2 aromatic rings. The number of piperidine rings is 1. The van der Waals surface area contributed by atoms with E-state index in [4.69, 9.17) is 4.98 Å². The van der Waals surface area contributed by atoms with E-state index in [-0.39, 0.29) is 0 Å². The number of halogens is 1. The third-order valence-corrected chi connectivity index (χ3v) is 5.31. The maximum absolute atomic E-state index is 4.94. The lowest BCUT2D eigenvalue weighted by atomic mass is 9.86. The van der Waals surface area contributed by atoms with Crippen molar-refractivity contribution < 1.29 is 0 Å². The Kier molecular flexibility index (Phi) is 4.48. The zero-order valence-electron chi connectivity index (χ0n) is 12.8. The monoisotopic (exact) mass is 346 g/mol. The summed E-state index contributed by atoms with van der Waals surface area (Å²) in [6.45, 7) is 6.96. The topological polar surface area (TPSA) is 16.1 Å². The predicted octanol–water partition coefficient (Wildman–Crippen LogP) is 5.00. The molecule has 1 fully saturated rings. The third-order valence-electron chi connectivity index (χ3n) is 4.71. The van der Waals surface area contributed by atoms with Crippen molar-refractivity contribution in [2.45, 2.75) is 32.0 Å². The van der Waals surface area contributed by atoms with Gasteiger partial charge in [0, 0.05) is 29.4 Å². The predicted molar refractivity (Wildman–Crippen MR) is 94.1 cm³/mol. The van der Waals surface area contributed by atoms with Crippen molar-refractivity contribution in [3.63, 3.8) is 0 Å². The van der Waals surface area contributed by atoms with Crippen LogP contribution in [0.4, 0.5) is 5.82 Å². The first kappa shape index (κ1) is 14.8. The molecule has 3 rings (SSSR count). The maximum Gasteiger partial charge on any atom is 0.133 e. The van der Waals surface area contributed by atoms with Crippen LogP contribution in [-0.4, -0.2) is 18.1 Å². The van der Waals surface area contributed by atoms with Gasteiger partial charge in [-0.05, 0) is 36.8 Å². The second kappa shape index (κ2) is 6.35. The zero-order valence-corrected chi connectivity index (χ0v) is 14.4. The molecule has 0 aliphatic carbocycles. The highest BCUT2D eigenvalue weighted by atomic mass is 79.9. The van der Waals surface area contributed by atoms with Gasteiger partial charge in [0.1, 0.15) is 5.82 Å². The van der Waals surface area contributed by atoms with E-state index < -0.39 is 0 Å². The number of hydrogen-bond acceptors (Lipinski definition) is 2. The molecule has 1 aliphatic heterocycles. The summed E-state index contributed by atoms with van der Waals surface area (Å²) in [5.74, 6) is 2.84. The number of aromatic nitrogens is 1. The number of fused-ring (bicyclic) bond motifs is 1. The Labute approximate surface area is 135 Å². The number of benzene rings is 1. The first-order chi connectivity index (χ1) is 10.2. The highest BCUT2D eigenvalue weighted by molar-refractivity contribution is 9.08. The first-order valence-corrected chi connectivity index (χ1v) is 9.00. The van der Waals surface area contributed by atoms with E-state index in [2.05, 4.69) is 65.0 Å². The van der Waals surface area contributed by atoms with E-state index >= 15 is 0 Å². The van der Waals surface area contributed by atoms with Crippen molar-refractivity contribution in [3.8, 4) is 0 Å². The summed E-state index contributed by atoms with van der Waals surface area (Å²) in [7, 11) is 0. The van der Waals surface area contributed by atoms with Gasteiger partial charge in [-0.2, -0.15) is 0 Å². The summed E-state index contributed by atoms with van der Waals surface area (Å²) in [5, 5.41) is 2.09. The van der Waals surface area contributed by atoms with E-state index in [0.29, 0.717) is 0 Å². The molecule has 0 saturated carbocycles. The van der Waals surface area contributed by atoms with Gasteiger partial charge in [0.05, 0.1) is 5.52 Å². The fraction of sp³-hybridized carbons (Fsp3) is 0.500. The number of anilines is 1. The van der Waals surface area contributed by atoms with Crippen molar-refractivity contribution in [1.82, 2.24) is 4.98 Å². The van der Waals surface area contributed by atoms with Gasteiger partial charge in [0.2, 0.25) is 0 Å². The summed E-state index contributed by atoms with van der Waals surface area (Å²) in [6.07, 6.45) is 2.57. The van der Waals surface area contributed by atoms with Crippen LogP contribution in [0, 0.1) is 11.8 Å². The van der Waals surface area contributed by atoms with E-state index in [1.54, 1.807) is 0 Å². The Bertz CT molecular complexity index is 616. The van der Waals surface area contributed by atoms with Gasteiger partial charge in [0.25, 0.3) is 0 Å². The van der Waals surface area contributed by atoms with Crippen molar-refractivity contribution in [1.29, 1.82) is 0 Å². The van der Waals surface area contributed by atoms with E-state index in [9.17, 15) is 0 Å². The molecule has 0 N–H and O–H groups in total. The lowest BCUT2D eigenvalue weighted by Gasteiger charge is -2.35. The SMILES string of the molecule is CC(C)C1CCN(c2nc3ccccc3cc2CBr)CC1. The Morgan fingerprint density at radius 2 is 1.95 bits per heavy atom. The van der Waals surface area contributed by atoms with Gasteiger partial charge in [0.15, 0.2) is 0 Å². The summed E-state index contributed by atoms with van der Waals surface area (Å²) in [5.41, 5.74) is 2.40. The van der Waals surface area contributed by atoms with Crippen LogP contribution in [0.5, 0.6) is 0 Å². The fourth-order valence-corrected chi connectivity index (χ4v) is 3.71. The quantitative estimate of drug-likeness (QED) is 0.726. The first-order valence-electron chi connectivity index (χ1n) is 7.88. The van der Waals surface area contributed by atoms with Gasteiger partial charge < -0.3 is 4.90 Å². The second-order valence-corrected chi connectivity index (χ2v) is 6.93. The average molecular weight is 347 g/mol. The molecule has 1 aromatic heterocycles. The number of rotatable bonds is 3. The van der Waals surface area contributed by atoms with Crippen molar-refractivity contribution in [3.05, 3.63) is 35.9 Å². The van der Waals surface area contributed by atoms with Gasteiger partial charge in [-0.25, -0.2) is 4.98 Å². The number of alkyl halides is 1. The molecule has 0 spiro atoms. The maximum atomic E-state index is 4.94. The molecule has 3 heteroatoms. The molecule has 21 heavy (non-hydrogen) atoms. The number of pyridine rings is 1. The molecule has 1 aromatic carbocycles. The van der Waals surface area contributed by atoms with E-state index in [0.717, 1.165) is 35.8 Å². The van der Waals surface area contributed by atoms with Gasteiger partial charge in [-0.1, -0.05) is 48.0 Å². The zero-order chi connectivity index (χ0) is 14.8. The third kappa shape index (κ3) is 3.08. The molecule has 0 unspecified atom stereocenters. The smallest absolute Gasteiger partial charge is 0.133 e. The van der Waals surface area contributed by atoms with Crippen molar-refractivity contribution in [2.24, 2.45) is 11.8 Å². The summed E-state index contributed by atoms with van der Waals surface area (Å²) >= 11 is 3.63. The molecule has 1 saturated heterocycles. The average Bonchev–Trinajstić information content (AvgIpc) is 2.53. The van der Waals surface area contributed by atoms with E-state index in [1.165, 1.54) is 29.6 Å². The molecule has 0 radical (unpaired) electrons. The van der Waals surface area contributed by atoms with E-state index in [1.807, 2.05) is 0 Å². The second-order valence-electron chi connectivity index (χ2n) is 6.37. The fourth-order valence-electron chi connectivity index (χ4n) is 3.30. The van der Waals surface area contributed by atoms with Crippen LogP contribution >= 0.6 is 15.9 Å². The summed E-state index contributed by atoms with van der Waals surface area (Å²) < 4.78 is 0. The molecule has 0 bridgehead atoms. The summed E-state index contributed by atoms with van der Waals surface area (Å²) in [6, 6.07) is 10.7. The van der Waals surface area contributed by atoms with Crippen LogP contribution in [0.1, 0.15) is 32.3 Å². The Morgan fingerprint density at radius 1 is 1.24 bits per heavy atom. The van der Waals surface area contributed by atoms with Gasteiger partial charge >= 0.3 is 0 Å². The highest BCUT2D eigenvalue weighted by Gasteiger charge is 2.23.